The number of benzene rings is 5. The van der Waals surface area contributed by atoms with Gasteiger partial charge >= 0.3 is 0 Å². The van der Waals surface area contributed by atoms with E-state index in [0.717, 1.165) is 60.8 Å². The quantitative estimate of drug-likeness (QED) is 0.183. The van der Waals surface area contributed by atoms with Crippen LogP contribution in [0.25, 0.3) is 55.5 Å². The molecule has 0 atom stereocenters. The number of para-hydroxylation sites is 2. The van der Waals surface area contributed by atoms with Crippen molar-refractivity contribution < 1.29 is 8.85 Å². The van der Waals surface area contributed by atoms with Crippen molar-refractivity contribution in [2.24, 2.45) is 0 Å². The van der Waals surface area contributed by atoms with E-state index in [-0.39, 0.29) is 10.8 Å². The minimum atomic E-state index is -2.30. The summed E-state index contributed by atoms with van der Waals surface area (Å²) in [5.74, 6) is 2.08. The number of pyridine rings is 1. The molecule has 0 N–H and O–H groups in total. The fraction of sp³-hybridized carbons (Fsp3) is 0.217. The summed E-state index contributed by atoms with van der Waals surface area (Å²) in [5.41, 5.74) is 9.58. The first-order chi connectivity index (χ1) is 25.6. The van der Waals surface area contributed by atoms with Crippen LogP contribution >= 0.6 is 0 Å². The molecule has 0 aliphatic carbocycles. The van der Waals surface area contributed by atoms with Crippen LogP contribution in [-0.4, -0.2) is 19.1 Å². The average molecular weight is 672 g/mol. The number of hydrogen-bond acceptors (Lipinski definition) is 3. The molecule has 3 heterocycles. The van der Waals surface area contributed by atoms with E-state index in [1.807, 2.05) is 80.0 Å². The number of rotatable bonds is 5. The van der Waals surface area contributed by atoms with Crippen molar-refractivity contribution >= 4 is 32.8 Å². The lowest BCUT2D eigenvalue weighted by atomic mass is 9.83. The van der Waals surface area contributed by atoms with Gasteiger partial charge in [-0.1, -0.05) is 84.0 Å². The summed E-state index contributed by atoms with van der Waals surface area (Å²) in [6.45, 7) is 12.7. The van der Waals surface area contributed by atoms with Crippen molar-refractivity contribution in [1.29, 1.82) is 0 Å². The molecule has 254 valence electrons. The van der Waals surface area contributed by atoms with Gasteiger partial charge in [-0.25, -0.2) is 9.97 Å². The third-order valence-electron chi connectivity index (χ3n) is 9.85. The molecule has 0 saturated heterocycles. The molecule has 0 bridgehead atoms. The van der Waals surface area contributed by atoms with Gasteiger partial charge in [-0.05, 0) is 113 Å². The maximum absolute atomic E-state index is 8.55. The van der Waals surface area contributed by atoms with Gasteiger partial charge in [0.2, 0.25) is 0 Å². The van der Waals surface area contributed by atoms with Gasteiger partial charge in [-0.2, -0.15) is 0 Å². The molecule has 5 nitrogen and oxygen atoms in total. The zero-order valence-corrected chi connectivity index (χ0v) is 30.2. The van der Waals surface area contributed by atoms with Gasteiger partial charge in [0, 0.05) is 33.2 Å². The molecule has 5 heteroatoms. The summed E-state index contributed by atoms with van der Waals surface area (Å²) in [6, 6.07) is 36.8. The topological polar surface area (TPSA) is 44.9 Å². The van der Waals surface area contributed by atoms with E-state index in [9.17, 15) is 0 Å². The minimum Gasteiger partial charge on any atom is -0.457 e. The highest BCUT2D eigenvalue weighted by Crippen LogP contribution is 2.39. The van der Waals surface area contributed by atoms with Crippen LogP contribution < -0.4 is 4.74 Å². The zero-order valence-electron chi connectivity index (χ0n) is 33.2. The van der Waals surface area contributed by atoms with Crippen molar-refractivity contribution in [3.8, 4) is 34.1 Å². The van der Waals surface area contributed by atoms with Gasteiger partial charge in [0.25, 0.3) is 0 Å². The van der Waals surface area contributed by atoms with Crippen LogP contribution in [0.15, 0.2) is 122 Å². The Balaban J connectivity index is 1.29. The number of nitrogens with zero attached hydrogens (tertiary/aromatic N) is 4. The molecule has 8 rings (SSSR count). The lowest BCUT2D eigenvalue weighted by molar-refractivity contribution is 0.483. The van der Waals surface area contributed by atoms with Crippen LogP contribution in [0.3, 0.4) is 0 Å². The van der Waals surface area contributed by atoms with E-state index < -0.39 is 6.85 Å². The molecule has 0 aliphatic rings. The van der Waals surface area contributed by atoms with Gasteiger partial charge in [-0.15, -0.1) is 0 Å². The van der Waals surface area contributed by atoms with Crippen LogP contribution in [-0.2, 0) is 10.8 Å². The molecule has 3 aromatic heterocycles. The number of aromatic nitrogens is 4. The van der Waals surface area contributed by atoms with Gasteiger partial charge in [-0.3, -0.25) is 9.13 Å². The Morgan fingerprint density at radius 1 is 0.627 bits per heavy atom. The summed E-state index contributed by atoms with van der Waals surface area (Å²) in [4.78, 5) is 9.50. The highest BCUT2D eigenvalue weighted by molar-refractivity contribution is 6.09. The number of hydrogen-bond donors (Lipinski definition) is 0. The number of imidazole rings is 1. The van der Waals surface area contributed by atoms with Gasteiger partial charge in [0.05, 0.1) is 27.8 Å². The van der Waals surface area contributed by atoms with Crippen molar-refractivity contribution in [3.63, 3.8) is 0 Å². The molecule has 0 fully saturated rings. The Morgan fingerprint density at radius 2 is 1.35 bits per heavy atom. The monoisotopic (exact) mass is 671 g/mol. The van der Waals surface area contributed by atoms with Gasteiger partial charge < -0.3 is 4.74 Å². The summed E-state index contributed by atoms with van der Waals surface area (Å²) < 4.78 is 36.5. The molecular formula is C46H44N4O. The third kappa shape index (κ3) is 5.87. The van der Waals surface area contributed by atoms with E-state index >= 15 is 0 Å². The molecule has 0 saturated carbocycles. The van der Waals surface area contributed by atoms with Crippen LogP contribution in [0.2, 0.25) is 0 Å². The van der Waals surface area contributed by atoms with Crippen LogP contribution in [0.5, 0.6) is 11.5 Å². The Kier molecular flexibility index (Phi) is 6.83. The number of fused-ring (bicyclic) bond motifs is 4. The Morgan fingerprint density at radius 3 is 2.14 bits per heavy atom. The Labute approximate surface area is 304 Å². The first-order valence-electron chi connectivity index (χ1n) is 19.0. The number of ether oxygens (including phenoxy) is 1. The van der Waals surface area contributed by atoms with E-state index in [0.29, 0.717) is 22.9 Å². The van der Waals surface area contributed by atoms with Crippen molar-refractivity contribution in [2.75, 3.05) is 0 Å². The van der Waals surface area contributed by atoms with Crippen molar-refractivity contribution in [3.05, 3.63) is 144 Å². The summed E-state index contributed by atoms with van der Waals surface area (Å²) >= 11 is 0. The van der Waals surface area contributed by atoms with E-state index in [1.165, 1.54) is 5.56 Å². The fourth-order valence-electron chi connectivity index (χ4n) is 7.07. The van der Waals surface area contributed by atoms with Crippen LogP contribution in [0, 0.1) is 13.8 Å². The molecule has 0 spiro atoms. The predicted molar refractivity (Wildman–Crippen MR) is 212 cm³/mol. The SMILES string of the molecule is [2H]C([2H])([2H])c1cc(C(C)(C)C)cc(C)c1-c1ccnc(-n2c3cc(Oc4cccc(-n5cnc6ccccc65)c4)ccc3c3ccc(C(C)(C)C)cc32)c1. The van der Waals surface area contributed by atoms with E-state index in [2.05, 4.69) is 98.1 Å². The second-order valence-electron chi connectivity index (χ2n) is 15.6. The third-order valence-corrected chi connectivity index (χ3v) is 9.85. The highest BCUT2D eigenvalue weighted by Gasteiger charge is 2.21. The lowest BCUT2D eigenvalue weighted by Gasteiger charge is -2.22. The Hall–Kier alpha value is -5.68. The molecular weight excluding hydrogens is 625 g/mol. The second-order valence-corrected chi connectivity index (χ2v) is 15.6. The number of aryl methyl sites for hydroxylation is 2. The minimum absolute atomic E-state index is 0.0782. The maximum atomic E-state index is 8.55. The standard InChI is InChI=1S/C46H44N4O/c1-29-22-33(46(6,7)8)23-30(2)44(29)31-20-21-47-43(24-31)50-41-25-32(45(3,4)5)16-18-37(41)38-19-17-36(27-42(38)50)51-35-13-11-12-34(26-35)49-28-48-39-14-9-10-15-40(39)49/h9-28H,1-8H3/i1D3. The maximum Gasteiger partial charge on any atom is 0.138 e. The summed E-state index contributed by atoms with van der Waals surface area (Å²) in [5, 5.41) is 2.16. The molecule has 0 amide bonds. The molecule has 0 radical (unpaired) electrons. The molecule has 5 aromatic carbocycles. The first kappa shape index (κ1) is 29.1. The first-order valence-corrected chi connectivity index (χ1v) is 17.5. The zero-order chi connectivity index (χ0) is 38.2. The van der Waals surface area contributed by atoms with Gasteiger partial charge in [0.1, 0.15) is 23.6 Å². The fourth-order valence-corrected chi connectivity index (χ4v) is 7.07. The van der Waals surface area contributed by atoms with Crippen molar-refractivity contribution in [1.82, 2.24) is 19.1 Å². The molecule has 51 heavy (non-hydrogen) atoms. The normalized spacial score (nSPS) is 13.4. The second kappa shape index (κ2) is 12.0. The average Bonchev–Trinajstić information content (AvgIpc) is 3.69. The largest absolute Gasteiger partial charge is 0.457 e. The summed E-state index contributed by atoms with van der Waals surface area (Å²) in [6.07, 6.45) is 3.62. The van der Waals surface area contributed by atoms with E-state index in [1.54, 1.807) is 6.20 Å². The smallest absolute Gasteiger partial charge is 0.138 e. The van der Waals surface area contributed by atoms with Crippen molar-refractivity contribution in [2.45, 2.75) is 66.1 Å². The molecule has 0 unspecified atom stereocenters. The van der Waals surface area contributed by atoms with E-state index in [4.69, 9.17) is 13.8 Å². The molecule has 8 aromatic rings. The lowest BCUT2D eigenvalue weighted by Crippen LogP contribution is -2.12. The van der Waals surface area contributed by atoms with Crippen LogP contribution in [0.4, 0.5) is 0 Å². The Bertz CT molecular complexity index is 2720. The molecule has 0 aliphatic heterocycles. The predicted octanol–water partition coefficient (Wildman–Crippen LogP) is 12.2. The highest BCUT2D eigenvalue weighted by atomic mass is 16.5. The van der Waals surface area contributed by atoms with Crippen LogP contribution in [0.1, 0.15) is 67.9 Å². The summed E-state index contributed by atoms with van der Waals surface area (Å²) in [7, 11) is 0. The van der Waals surface area contributed by atoms with Gasteiger partial charge in [0.15, 0.2) is 0 Å².